The lowest BCUT2D eigenvalue weighted by Gasteiger charge is -2.10. The highest BCUT2D eigenvalue weighted by Gasteiger charge is 2.04. The quantitative estimate of drug-likeness (QED) is 0.717. The van der Waals surface area contributed by atoms with Crippen LogP contribution in [0.3, 0.4) is 0 Å². The van der Waals surface area contributed by atoms with E-state index in [1.165, 1.54) is 0 Å². The summed E-state index contributed by atoms with van der Waals surface area (Å²) in [6, 6.07) is 5.88. The van der Waals surface area contributed by atoms with Crippen molar-refractivity contribution in [3.05, 3.63) is 24.5 Å². The Kier molecular flexibility index (Phi) is 3.61. The van der Waals surface area contributed by atoms with Crippen LogP contribution in [0.5, 0.6) is 0 Å². The minimum absolute atomic E-state index is 0.236. The van der Waals surface area contributed by atoms with Crippen molar-refractivity contribution in [2.45, 2.75) is 19.6 Å². The molecule has 0 aliphatic carbocycles. The first-order valence-corrected chi connectivity index (χ1v) is 5.72. The number of rotatable bonds is 5. The van der Waals surface area contributed by atoms with Crippen LogP contribution < -0.4 is 5.32 Å². The fraction of sp³-hybridized carbons (Fsp3) is 0.417. The van der Waals surface area contributed by atoms with Crippen molar-refractivity contribution in [3.8, 4) is 0 Å². The molecule has 1 unspecified atom stereocenters. The Morgan fingerprint density at radius 3 is 3.00 bits per heavy atom. The minimum Gasteiger partial charge on any atom is -0.394 e. The maximum atomic E-state index is 9.24. The van der Waals surface area contributed by atoms with Crippen LogP contribution >= 0.6 is 0 Å². The lowest BCUT2D eigenvalue weighted by molar-refractivity contribution is 0.105. The normalized spacial score (nSPS) is 12.9. The molecule has 2 rings (SSSR count). The van der Waals surface area contributed by atoms with Crippen molar-refractivity contribution in [3.63, 3.8) is 0 Å². The lowest BCUT2D eigenvalue weighted by Crippen LogP contribution is -2.22. The lowest BCUT2D eigenvalue weighted by atomic mass is 10.2. The van der Waals surface area contributed by atoms with Crippen LogP contribution in [-0.2, 0) is 6.54 Å². The van der Waals surface area contributed by atoms with E-state index in [-0.39, 0.29) is 6.61 Å². The van der Waals surface area contributed by atoms with Gasteiger partial charge >= 0.3 is 0 Å². The van der Waals surface area contributed by atoms with Gasteiger partial charge in [0.05, 0.1) is 30.1 Å². The van der Waals surface area contributed by atoms with E-state index < -0.39 is 6.10 Å². The van der Waals surface area contributed by atoms with Crippen LogP contribution in [0.25, 0.3) is 11.0 Å². The molecule has 2 aromatic rings. The summed E-state index contributed by atoms with van der Waals surface area (Å²) in [5, 5.41) is 21.0. The summed E-state index contributed by atoms with van der Waals surface area (Å²) in [6.45, 7) is 3.06. The van der Waals surface area contributed by atoms with Gasteiger partial charge in [0.25, 0.3) is 0 Å². The van der Waals surface area contributed by atoms with Crippen molar-refractivity contribution in [1.82, 2.24) is 9.55 Å². The number of aliphatic hydroxyl groups is 2. The molecule has 0 saturated heterocycles. The molecule has 1 aromatic heterocycles. The standard InChI is InChI=1S/C12H17N3O2/c1-2-15-8-14-11-5-9(3-4-12(11)15)13-6-10(17)7-16/h3-5,8,10,13,16-17H,2,6-7H2,1H3. The molecule has 17 heavy (non-hydrogen) atoms. The monoisotopic (exact) mass is 235 g/mol. The van der Waals surface area contributed by atoms with Crippen LogP contribution in [0.1, 0.15) is 6.92 Å². The van der Waals surface area contributed by atoms with Crippen molar-refractivity contribution >= 4 is 16.7 Å². The molecular formula is C12H17N3O2. The van der Waals surface area contributed by atoms with Gasteiger partial charge < -0.3 is 20.1 Å². The van der Waals surface area contributed by atoms with E-state index in [2.05, 4.69) is 21.8 Å². The summed E-state index contributed by atoms with van der Waals surface area (Å²) in [4.78, 5) is 4.31. The van der Waals surface area contributed by atoms with Gasteiger partial charge in [-0.2, -0.15) is 0 Å². The molecule has 0 spiro atoms. The van der Waals surface area contributed by atoms with Gasteiger partial charge in [0, 0.05) is 18.8 Å². The number of anilines is 1. The second kappa shape index (κ2) is 5.16. The number of hydrogen-bond donors (Lipinski definition) is 3. The van der Waals surface area contributed by atoms with E-state index in [1.807, 2.05) is 24.5 Å². The fourth-order valence-electron chi connectivity index (χ4n) is 1.73. The van der Waals surface area contributed by atoms with E-state index in [9.17, 15) is 5.11 Å². The third-order valence-corrected chi connectivity index (χ3v) is 2.71. The van der Waals surface area contributed by atoms with Gasteiger partial charge in [0.15, 0.2) is 0 Å². The van der Waals surface area contributed by atoms with E-state index in [0.29, 0.717) is 6.54 Å². The number of aromatic nitrogens is 2. The topological polar surface area (TPSA) is 70.3 Å². The summed E-state index contributed by atoms with van der Waals surface area (Å²) < 4.78 is 2.07. The number of aliphatic hydroxyl groups excluding tert-OH is 2. The fourth-order valence-corrected chi connectivity index (χ4v) is 1.73. The molecule has 92 valence electrons. The highest BCUT2D eigenvalue weighted by atomic mass is 16.3. The molecule has 1 aromatic carbocycles. The molecule has 0 saturated carbocycles. The highest BCUT2D eigenvalue weighted by Crippen LogP contribution is 2.18. The van der Waals surface area contributed by atoms with Crippen LogP contribution in [0.4, 0.5) is 5.69 Å². The van der Waals surface area contributed by atoms with Crippen molar-refractivity contribution in [2.24, 2.45) is 0 Å². The third-order valence-electron chi connectivity index (χ3n) is 2.71. The van der Waals surface area contributed by atoms with Crippen molar-refractivity contribution in [2.75, 3.05) is 18.5 Å². The first kappa shape index (κ1) is 11.9. The van der Waals surface area contributed by atoms with Crippen LogP contribution in [0.2, 0.25) is 0 Å². The number of nitrogens with one attached hydrogen (secondary N) is 1. The van der Waals surface area contributed by atoms with Gasteiger partial charge in [0.2, 0.25) is 0 Å². The van der Waals surface area contributed by atoms with E-state index in [0.717, 1.165) is 23.3 Å². The molecule has 5 nitrogen and oxygen atoms in total. The summed E-state index contributed by atoms with van der Waals surface area (Å²) >= 11 is 0. The number of benzene rings is 1. The summed E-state index contributed by atoms with van der Waals surface area (Å²) in [6.07, 6.45) is 1.08. The summed E-state index contributed by atoms with van der Waals surface area (Å²) in [5.41, 5.74) is 2.92. The molecule has 0 aliphatic heterocycles. The largest absolute Gasteiger partial charge is 0.394 e. The number of imidazole rings is 1. The predicted octanol–water partition coefficient (Wildman–Crippen LogP) is 0.821. The Balaban J connectivity index is 2.15. The molecule has 0 radical (unpaired) electrons. The van der Waals surface area contributed by atoms with Crippen molar-refractivity contribution < 1.29 is 10.2 Å². The molecule has 0 fully saturated rings. The first-order valence-electron chi connectivity index (χ1n) is 5.72. The average molecular weight is 235 g/mol. The van der Waals surface area contributed by atoms with Crippen molar-refractivity contribution in [1.29, 1.82) is 0 Å². The van der Waals surface area contributed by atoms with Crippen LogP contribution in [0.15, 0.2) is 24.5 Å². The highest BCUT2D eigenvalue weighted by molar-refractivity contribution is 5.79. The summed E-state index contributed by atoms with van der Waals surface area (Å²) in [7, 11) is 0. The zero-order valence-corrected chi connectivity index (χ0v) is 9.80. The Hall–Kier alpha value is -1.59. The van der Waals surface area contributed by atoms with Gasteiger partial charge in [-0.1, -0.05) is 0 Å². The molecule has 1 atom stereocenters. The van der Waals surface area contributed by atoms with E-state index in [1.54, 1.807) is 0 Å². The van der Waals surface area contributed by atoms with Gasteiger partial charge in [-0.3, -0.25) is 0 Å². The van der Waals surface area contributed by atoms with Crippen LogP contribution in [-0.4, -0.2) is 39.0 Å². The molecule has 1 heterocycles. The molecule has 0 amide bonds. The Labute approximate surface area is 99.7 Å². The molecule has 0 bridgehead atoms. The second-order valence-corrected chi connectivity index (χ2v) is 3.95. The van der Waals surface area contributed by atoms with E-state index in [4.69, 9.17) is 5.11 Å². The number of aryl methyl sites for hydroxylation is 1. The van der Waals surface area contributed by atoms with Gasteiger partial charge in [-0.05, 0) is 25.1 Å². The molecule has 0 aliphatic rings. The number of nitrogens with zero attached hydrogens (tertiary/aromatic N) is 2. The number of fused-ring (bicyclic) bond motifs is 1. The van der Waals surface area contributed by atoms with Crippen LogP contribution in [0, 0.1) is 0 Å². The first-order chi connectivity index (χ1) is 8.24. The maximum absolute atomic E-state index is 9.24. The smallest absolute Gasteiger partial charge is 0.0958 e. The summed E-state index contributed by atoms with van der Waals surface area (Å²) in [5.74, 6) is 0. The maximum Gasteiger partial charge on any atom is 0.0958 e. The third kappa shape index (κ3) is 2.57. The molecular weight excluding hydrogens is 218 g/mol. The minimum atomic E-state index is -0.737. The Morgan fingerprint density at radius 2 is 2.29 bits per heavy atom. The SMILES string of the molecule is CCn1cnc2cc(NCC(O)CO)ccc21. The Bertz CT molecular complexity index is 495. The average Bonchev–Trinajstić information content (AvgIpc) is 2.78. The van der Waals surface area contributed by atoms with Gasteiger partial charge in [0.1, 0.15) is 0 Å². The number of hydrogen-bond acceptors (Lipinski definition) is 4. The van der Waals surface area contributed by atoms with Gasteiger partial charge in [-0.25, -0.2) is 4.98 Å². The Morgan fingerprint density at radius 1 is 1.47 bits per heavy atom. The van der Waals surface area contributed by atoms with Gasteiger partial charge in [-0.15, -0.1) is 0 Å². The molecule has 3 N–H and O–H groups in total. The van der Waals surface area contributed by atoms with E-state index >= 15 is 0 Å². The molecule has 5 heteroatoms. The zero-order chi connectivity index (χ0) is 12.3. The zero-order valence-electron chi connectivity index (χ0n) is 9.80. The second-order valence-electron chi connectivity index (χ2n) is 3.95. The predicted molar refractivity (Wildman–Crippen MR) is 67.0 cm³/mol.